The smallest absolute Gasteiger partial charge is 0.252 e. The van der Waals surface area contributed by atoms with Gasteiger partial charge in [0, 0.05) is 12.6 Å². The maximum absolute atomic E-state index is 13.5. The number of nitrogens with one attached hydrogen (secondary N) is 3. The van der Waals surface area contributed by atoms with Crippen molar-refractivity contribution in [2.45, 2.75) is 10.9 Å². The van der Waals surface area contributed by atoms with E-state index in [2.05, 4.69) is 21.3 Å². The van der Waals surface area contributed by atoms with E-state index in [0.29, 0.717) is 0 Å². The number of halogens is 2. The van der Waals surface area contributed by atoms with Crippen molar-refractivity contribution < 1.29 is 26.8 Å². The number of benzene rings is 2. The molecule has 0 saturated heterocycles. The van der Waals surface area contributed by atoms with Gasteiger partial charge in [0.1, 0.15) is 6.04 Å². The zero-order chi connectivity index (χ0) is 21.6. The Kier molecular flexibility index (Phi) is 7.03. The summed E-state index contributed by atoms with van der Waals surface area (Å²) in [6, 6.07) is 6.41. The van der Waals surface area contributed by atoms with Crippen molar-refractivity contribution in [3.8, 4) is 12.3 Å². The summed E-state index contributed by atoms with van der Waals surface area (Å²) < 4.78 is 52.8. The molecule has 0 radical (unpaired) electrons. The van der Waals surface area contributed by atoms with E-state index < -0.39 is 39.5 Å². The Morgan fingerprint density at radius 2 is 1.76 bits per heavy atom. The number of rotatable bonds is 7. The molecule has 2 rings (SSSR count). The average molecular weight is 421 g/mol. The second kappa shape index (κ2) is 9.27. The van der Waals surface area contributed by atoms with Crippen LogP contribution in [0.5, 0.6) is 0 Å². The lowest BCUT2D eigenvalue weighted by Crippen LogP contribution is -2.39. The number of amides is 2. The third-order valence-electron chi connectivity index (χ3n) is 3.85. The molecule has 0 spiro atoms. The molecule has 2 aromatic carbocycles. The van der Waals surface area contributed by atoms with Gasteiger partial charge in [-0.3, -0.25) is 9.59 Å². The molecular formula is C19H17F2N3O4S. The third-order valence-corrected chi connectivity index (χ3v) is 5.27. The molecule has 0 aromatic heterocycles. The number of terminal acetylenes is 1. The second-order valence-electron chi connectivity index (χ2n) is 5.75. The van der Waals surface area contributed by atoms with Gasteiger partial charge in [0.15, 0.2) is 11.6 Å². The molecule has 152 valence electrons. The van der Waals surface area contributed by atoms with Crippen LogP contribution in [0.15, 0.2) is 47.4 Å². The van der Waals surface area contributed by atoms with Gasteiger partial charge >= 0.3 is 0 Å². The van der Waals surface area contributed by atoms with Crippen molar-refractivity contribution in [1.82, 2.24) is 15.4 Å². The zero-order valence-corrected chi connectivity index (χ0v) is 16.0. The van der Waals surface area contributed by atoms with Gasteiger partial charge in [-0.05, 0) is 42.0 Å². The fraction of sp³-hybridized carbons (Fsp3) is 0.158. The normalized spacial score (nSPS) is 11.9. The number of hydrogen-bond donors (Lipinski definition) is 3. The monoisotopic (exact) mass is 421 g/mol. The summed E-state index contributed by atoms with van der Waals surface area (Å²) in [5.74, 6) is -1.49. The van der Waals surface area contributed by atoms with E-state index in [1.54, 1.807) is 0 Å². The van der Waals surface area contributed by atoms with Crippen molar-refractivity contribution in [3.63, 3.8) is 0 Å². The van der Waals surface area contributed by atoms with Crippen LogP contribution in [0.25, 0.3) is 0 Å². The van der Waals surface area contributed by atoms with Gasteiger partial charge in [0.25, 0.3) is 5.91 Å². The predicted octanol–water partition coefficient (Wildman–Crippen LogP) is 1.09. The maximum Gasteiger partial charge on any atom is 0.252 e. The van der Waals surface area contributed by atoms with Crippen LogP contribution in [0.1, 0.15) is 22.0 Å². The van der Waals surface area contributed by atoms with E-state index in [1.165, 1.54) is 37.4 Å². The molecule has 10 heteroatoms. The Balaban J connectivity index is 2.24. The quantitative estimate of drug-likeness (QED) is 0.582. The molecule has 3 N–H and O–H groups in total. The van der Waals surface area contributed by atoms with Crippen molar-refractivity contribution in [3.05, 3.63) is 65.2 Å². The molecule has 7 nitrogen and oxygen atoms in total. The summed E-state index contributed by atoms with van der Waals surface area (Å²) in [5, 5.41) is 4.74. The molecule has 0 aliphatic heterocycles. The van der Waals surface area contributed by atoms with Crippen LogP contribution in [-0.4, -0.2) is 33.8 Å². The van der Waals surface area contributed by atoms with Crippen molar-refractivity contribution >= 4 is 21.8 Å². The minimum absolute atomic E-state index is 0.0364. The van der Waals surface area contributed by atoms with E-state index in [-0.39, 0.29) is 22.6 Å². The van der Waals surface area contributed by atoms with Gasteiger partial charge in [0.2, 0.25) is 15.9 Å². The van der Waals surface area contributed by atoms with Crippen molar-refractivity contribution in [1.29, 1.82) is 0 Å². The fourth-order valence-electron chi connectivity index (χ4n) is 2.36. The summed E-state index contributed by atoms with van der Waals surface area (Å²) in [6.45, 7) is -0.188. The van der Waals surface area contributed by atoms with Gasteiger partial charge in [-0.15, -0.1) is 6.42 Å². The minimum Gasteiger partial charge on any atom is -0.357 e. The fourth-order valence-corrected chi connectivity index (χ4v) is 3.29. The molecule has 2 amide bonds. The van der Waals surface area contributed by atoms with E-state index in [9.17, 15) is 26.8 Å². The van der Waals surface area contributed by atoms with Gasteiger partial charge in [-0.1, -0.05) is 12.0 Å². The molecule has 0 aliphatic carbocycles. The van der Waals surface area contributed by atoms with Crippen LogP contribution in [0.3, 0.4) is 0 Å². The third kappa shape index (κ3) is 5.37. The SMILES string of the molecule is C#CCNS(=O)(=O)c1ccc(C(=O)NC(C(=O)NC)c2ccc(F)c(F)c2)cc1. The number of likely N-dealkylation sites (N-methyl/N-ethyl adjacent to an activating group) is 1. The van der Waals surface area contributed by atoms with Crippen molar-refractivity contribution in [2.24, 2.45) is 0 Å². The van der Waals surface area contributed by atoms with Crippen LogP contribution in [0.2, 0.25) is 0 Å². The standard InChI is InChI=1S/C19H17F2N3O4S/c1-3-10-23-29(27,28)14-7-4-12(5-8-14)18(25)24-17(19(26)22-2)13-6-9-15(20)16(21)11-13/h1,4-9,11,17,23H,10H2,2H3,(H,22,26)(H,24,25). The van der Waals surface area contributed by atoms with Crippen LogP contribution in [-0.2, 0) is 14.8 Å². The summed E-state index contributed by atoms with van der Waals surface area (Å²) in [7, 11) is -2.50. The molecule has 1 atom stereocenters. The van der Waals surface area contributed by atoms with Gasteiger partial charge in [0.05, 0.1) is 11.4 Å². The summed E-state index contributed by atoms with van der Waals surface area (Å²) in [5.41, 5.74) is 0.0895. The molecule has 0 heterocycles. The lowest BCUT2D eigenvalue weighted by molar-refractivity contribution is -0.122. The van der Waals surface area contributed by atoms with Crippen LogP contribution >= 0.6 is 0 Å². The molecule has 0 fully saturated rings. The molecule has 1 unspecified atom stereocenters. The van der Waals surface area contributed by atoms with E-state index in [4.69, 9.17) is 6.42 Å². The van der Waals surface area contributed by atoms with E-state index >= 15 is 0 Å². The van der Waals surface area contributed by atoms with Gasteiger partial charge in [-0.25, -0.2) is 17.2 Å². The Bertz CT molecular complexity index is 1060. The second-order valence-corrected chi connectivity index (χ2v) is 7.51. The van der Waals surface area contributed by atoms with Gasteiger partial charge in [-0.2, -0.15) is 4.72 Å². The van der Waals surface area contributed by atoms with Gasteiger partial charge < -0.3 is 10.6 Å². The average Bonchev–Trinajstić information content (AvgIpc) is 2.72. The Morgan fingerprint density at radius 3 is 2.31 bits per heavy atom. The number of hydrogen-bond acceptors (Lipinski definition) is 4. The first-order valence-corrected chi connectivity index (χ1v) is 9.68. The van der Waals surface area contributed by atoms with Crippen molar-refractivity contribution in [2.75, 3.05) is 13.6 Å². The topological polar surface area (TPSA) is 104 Å². The molecule has 0 aliphatic rings. The number of sulfonamides is 1. The molecule has 29 heavy (non-hydrogen) atoms. The van der Waals surface area contributed by atoms with Crippen LogP contribution in [0, 0.1) is 24.0 Å². The number of carbonyl (C=O) groups is 2. The summed E-state index contributed by atoms with van der Waals surface area (Å²) in [6.07, 6.45) is 5.02. The molecule has 0 saturated carbocycles. The number of carbonyl (C=O) groups excluding carboxylic acids is 2. The Morgan fingerprint density at radius 1 is 1.10 bits per heavy atom. The van der Waals surface area contributed by atoms with E-state index in [0.717, 1.165) is 12.1 Å². The maximum atomic E-state index is 13.5. The predicted molar refractivity (Wildman–Crippen MR) is 101 cm³/mol. The molecule has 2 aromatic rings. The molecule has 0 bridgehead atoms. The Hall–Kier alpha value is -3.29. The lowest BCUT2D eigenvalue weighted by atomic mass is 10.0. The summed E-state index contributed by atoms with van der Waals surface area (Å²) in [4.78, 5) is 24.5. The minimum atomic E-state index is -3.82. The first kappa shape index (κ1) is 22.0. The zero-order valence-electron chi connectivity index (χ0n) is 15.2. The first-order chi connectivity index (χ1) is 13.7. The highest BCUT2D eigenvalue weighted by Gasteiger charge is 2.24. The van der Waals surface area contributed by atoms with Crippen LogP contribution in [0.4, 0.5) is 8.78 Å². The largest absolute Gasteiger partial charge is 0.357 e. The molecular weight excluding hydrogens is 404 g/mol. The summed E-state index contributed by atoms with van der Waals surface area (Å²) >= 11 is 0. The lowest BCUT2D eigenvalue weighted by Gasteiger charge is -2.18. The highest BCUT2D eigenvalue weighted by molar-refractivity contribution is 7.89. The highest BCUT2D eigenvalue weighted by Crippen LogP contribution is 2.18. The first-order valence-electron chi connectivity index (χ1n) is 8.20. The Labute approximate surface area is 166 Å². The van der Waals surface area contributed by atoms with E-state index in [1.807, 2.05) is 0 Å². The highest BCUT2D eigenvalue weighted by atomic mass is 32.2. The van der Waals surface area contributed by atoms with Crippen LogP contribution < -0.4 is 15.4 Å².